The maximum absolute atomic E-state index is 12.4. The first-order valence-electron chi connectivity index (χ1n) is 13.3. The van der Waals surface area contributed by atoms with Gasteiger partial charge in [0.1, 0.15) is 0 Å². The van der Waals surface area contributed by atoms with E-state index in [1.54, 1.807) is 23.6 Å². The molecule has 2 aromatic rings. The molecule has 0 radical (unpaired) electrons. The molecule has 0 saturated heterocycles. The fraction of sp³-hybridized carbons (Fsp3) is 0.467. The minimum absolute atomic E-state index is 0.0000940. The van der Waals surface area contributed by atoms with E-state index in [0.29, 0.717) is 24.3 Å². The van der Waals surface area contributed by atoms with Crippen LogP contribution in [0.1, 0.15) is 98.3 Å². The van der Waals surface area contributed by atoms with Crippen LogP contribution in [0.2, 0.25) is 0 Å². The molecule has 0 bridgehead atoms. The number of ether oxygens (including phenoxy) is 2. The highest BCUT2D eigenvalue weighted by Crippen LogP contribution is 2.38. The predicted octanol–water partition coefficient (Wildman–Crippen LogP) is 5.09. The van der Waals surface area contributed by atoms with Gasteiger partial charge in [0.15, 0.2) is 0 Å². The number of nitrogens with zero attached hydrogens (tertiary/aromatic N) is 2. The monoisotopic (exact) mass is 522 g/mol. The lowest BCUT2D eigenvalue weighted by Crippen LogP contribution is -2.35. The average molecular weight is 523 g/mol. The summed E-state index contributed by atoms with van der Waals surface area (Å²) in [5.74, 6) is -0.523. The van der Waals surface area contributed by atoms with Gasteiger partial charge in [-0.2, -0.15) is 0 Å². The van der Waals surface area contributed by atoms with Crippen molar-refractivity contribution in [3.63, 3.8) is 0 Å². The zero-order chi connectivity index (χ0) is 28.0. The number of rotatable bonds is 8. The molecule has 204 valence electrons. The molecule has 0 spiro atoms. The summed E-state index contributed by atoms with van der Waals surface area (Å²) < 4.78 is 10.0. The van der Waals surface area contributed by atoms with Gasteiger partial charge in [0, 0.05) is 23.2 Å². The second-order valence-electron chi connectivity index (χ2n) is 9.84. The highest BCUT2D eigenvalue weighted by molar-refractivity contribution is 6.00. The van der Waals surface area contributed by atoms with Gasteiger partial charge in [0.05, 0.1) is 38.1 Å². The molecule has 2 aliphatic heterocycles. The first-order chi connectivity index (χ1) is 18.1. The Balaban J connectivity index is 0.000000211. The van der Waals surface area contributed by atoms with Gasteiger partial charge < -0.3 is 19.3 Å². The van der Waals surface area contributed by atoms with Crippen molar-refractivity contribution in [1.29, 1.82) is 0 Å². The van der Waals surface area contributed by atoms with E-state index >= 15 is 0 Å². The van der Waals surface area contributed by atoms with Crippen molar-refractivity contribution < 1.29 is 28.7 Å². The van der Waals surface area contributed by atoms with Crippen molar-refractivity contribution >= 4 is 23.8 Å². The largest absolute Gasteiger partial charge is 0.466 e. The summed E-state index contributed by atoms with van der Waals surface area (Å²) in [4.78, 5) is 51.7. The molecular formula is C30H38N2O6. The van der Waals surface area contributed by atoms with E-state index in [4.69, 9.17) is 9.47 Å². The molecule has 0 saturated carbocycles. The number of carbonyl (C=O) groups excluding carboxylic acids is 4. The van der Waals surface area contributed by atoms with Crippen LogP contribution in [-0.2, 0) is 19.1 Å². The standard InChI is InChI=1S/2C15H19NO3/c2*1-4-19-14(17)9-13-11-7-5-6-8-12(11)15(18)16(13)10(2)3/h2*5-8,10,13H,4,9H2,1-3H3. The molecule has 0 fully saturated rings. The highest BCUT2D eigenvalue weighted by atomic mass is 16.5. The Morgan fingerprint density at radius 3 is 1.34 bits per heavy atom. The number of carbonyl (C=O) groups is 4. The highest BCUT2D eigenvalue weighted by Gasteiger charge is 2.40. The first-order valence-corrected chi connectivity index (χ1v) is 13.3. The third kappa shape index (κ3) is 6.06. The van der Waals surface area contributed by atoms with E-state index in [1.165, 1.54) is 0 Å². The number of benzene rings is 2. The summed E-state index contributed by atoms with van der Waals surface area (Å²) in [6.45, 7) is 12.1. The molecule has 4 rings (SSSR count). The van der Waals surface area contributed by atoms with Crippen molar-refractivity contribution in [2.75, 3.05) is 13.2 Å². The lowest BCUT2D eigenvalue weighted by Gasteiger charge is -2.28. The van der Waals surface area contributed by atoms with Crippen LogP contribution in [0.15, 0.2) is 48.5 Å². The third-order valence-corrected chi connectivity index (χ3v) is 6.68. The lowest BCUT2D eigenvalue weighted by atomic mass is 10.0. The van der Waals surface area contributed by atoms with Gasteiger partial charge in [-0.15, -0.1) is 0 Å². The zero-order valence-electron chi connectivity index (χ0n) is 23.1. The molecule has 2 heterocycles. The second-order valence-corrected chi connectivity index (χ2v) is 9.84. The molecule has 8 nitrogen and oxygen atoms in total. The minimum Gasteiger partial charge on any atom is -0.466 e. The van der Waals surface area contributed by atoms with E-state index in [1.807, 2.05) is 76.2 Å². The van der Waals surface area contributed by atoms with E-state index in [9.17, 15) is 19.2 Å². The maximum Gasteiger partial charge on any atom is 0.308 e. The minimum atomic E-state index is -0.261. The molecule has 2 unspecified atom stereocenters. The van der Waals surface area contributed by atoms with Crippen molar-refractivity contribution in [3.8, 4) is 0 Å². The summed E-state index contributed by atoms with van der Waals surface area (Å²) >= 11 is 0. The fourth-order valence-corrected chi connectivity index (χ4v) is 5.19. The van der Waals surface area contributed by atoms with Crippen LogP contribution in [0.25, 0.3) is 0 Å². The molecular weight excluding hydrogens is 484 g/mol. The summed E-state index contributed by atoms with van der Waals surface area (Å²) in [5.41, 5.74) is 3.25. The Morgan fingerprint density at radius 2 is 1.03 bits per heavy atom. The van der Waals surface area contributed by atoms with Crippen LogP contribution in [-0.4, -0.2) is 58.9 Å². The van der Waals surface area contributed by atoms with Crippen molar-refractivity contribution in [1.82, 2.24) is 9.80 Å². The smallest absolute Gasteiger partial charge is 0.308 e. The Labute approximate surface area is 224 Å². The summed E-state index contributed by atoms with van der Waals surface area (Å²) in [5, 5.41) is 0. The normalized spacial score (nSPS) is 17.8. The average Bonchev–Trinajstić information content (AvgIpc) is 3.31. The van der Waals surface area contributed by atoms with Crippen LogP contribution in [0.4, 0.5) is 0 Å². The molecule has 2 aliphatic rings. The predicted molar refractivity (Wildman–Crippen MR) is 143 cm³/mol. The Morgan fingerprint density at radius 1 is 0.684 bits per heavy atom. The van der Waals surface area contributed by atoms with Crippen molar-refractivity contribution in [2.45, 2.75) is 78.6 Å². The van der Waals surface area contributed by atoms with Gasteiger partial charge in [-0.1, -0.05) is 36.4 Å². The molecule has 8 heteroatoms. The second kappa shape index (κ2) is 12.7. The number of esters is 2. The van der Waals surface area contributed by atoms with Gasteiger partial charge in [-0.05, 0) is 64.8 Å². The number of hydrogen-bond donors (Lipinski definition) is 0. The van der Waals surface area contributed by atoms with Crippen LogP contribution < -0.4 is 0 Å². The number of amides is 2. The van der Waals surface area contributed by atoms with Gasteiger partial charge in [0.2, 0.25) is 0 Å². The molecule has 2 aromatic carbocycles. The number of fused-ring (bicyclic) bond motifs is 2. The quantitative estimate of drug-likeness (QED) is 0.449. The summed E-state index contributed by atoms with van der Waals surface area (Å²) in [6.07, 6.45) is 0.434. The van der Waals surface area contributed by atoms with Gasteiger partial charge >= 0.3 is 11.9 Å². The molecule has 2 amide bonds. The SMILES string of the molecule is CCOC(=O)CC1c2ccccc2C(=O)N1C(C)C.CCOC(=O)CC1c2ccccc2C(=O)N1C(C)C. The Kier molecular flexibility index (Phi) is 9.66. The topological polar surface area (TPSA) is 93.2 Å². The van der Waals surface area contributed by atoms with Gasteiger partial charge in [-0.25, -0.2) is 0 Å². The third-order valence-electron chi connectivity index (χ3n) is 6.68. The lowest BCUT2D eigenvalue weighted by molar-refractivity contribution is -0.145. The van der Waals surface area contributed by atoms with E-state index < -0.39 is 0 Å². The molecule has 38 heavy (non-hydrogen) atoms. The van der Waals surface area contributed by atoms with Crippen LogP contribution in [0, 0.1) is 0 Å². The Hall–Kier alpha value is -3.68. The molecule has 0 aliphatic carbocycles. The zero-order valence-corrected chi connectivity index (χ0v) is 23.1. The number of hydrogen-bond acceptors (Lipinski definition) is 6. The van der Waals surface area contributed by atoms with Gasteiger partial charge in [0.25, 0.3) is 11.8 Å². The fourth-order valence-electron chi connectivity index (χ4n) is 5.19. The molecule has 0 aromatic heterocycles. The van der Waals surface area contributed by atoms with E-state index in [2.05, 4.69) is 0 Å². The summed E-state index contributed by atoms with van der Waals surface area (Å²) in [7, 11) is 0. The van der Waals surface area contributed by atoms with Gasteiger partial charge in [-0.3, -0.25) is 19.2 Å². The molecule has 0 N–H and O–H groups in total. The first kappa shape index (κ1) is 28.9. The van der Waals surface area contributed by atoms with Crippen LogP contribution >= 0.6 is 0 Å². The Bertz CT molecular complexity index is 1080. The van der Waals surface area contributed by atoms with E-state index in [-0.39, 0.29) is 60.8 Å². The van der Waals surface area contributed by atoms with Crippen molar-refractivity contribution in [3.05, 3.63) is 70.8 Å². The van der Waals surface area contributed by atoms with E-state index in [0.717, 1.165) is 11.1 Å². The summed E-state index contributed by atoms with van der Waals surface area (Å²) in [6, 6.07) is 14.7. The molecule has 2 atom stereocenters. The van der Waals surface area contributed by atoms with Crippen LogP contribution in [0.3, 0.4) is 0 Å². The van der Waals surface area contributed by atoms with Crippen molar-refractivity contribution in [2.24, 2.45) is 0 Å². The maximum atomic E-state index is 12.4. The van der Waals surface area contributed by atoms with Crippen LogP contribution in [0.5, 0.6) is 0 Å².